The van der Waals surface area contributed by atoms with Crippen LogP contribution in [0.3, 0.4) is 0 Å². The number of carbonyl (C=O) groups is 1. The van der Waals surface area contributed by atoms with Gasteiger partial charge < -0.3 is 14.2 Å². The van der Waals surface area contributed by atoms with Gasteiger partial charge in [0.25, 0.3) is 0 Å². The molecule has 0 aromatic heterocycles. The first-order valence-electron chi connectivity index (χ1n) is 15.0. The maximum absolute atomic E-state index is 12.6. The molecule has 0 radical (unpaired) electrons. The fourth-order valence-corrected chi connectivity index (χ4v) is 4.43. The second-order valence-corrected chi connectivity index (χ2v) is 10.5. The molecule has 0 aliphatic rings. The number of rotatable bonds is 19. The van der Waals surface area contributed by atoms with Crippen LogP contribution < -0.4 is 14.2 Å². The van der Waals surface area contributed by atoms with Crippen LogP contribution in [0.2, 0.25) is 0 Å². The van der Waals surface area contributed by atoms with Crippen LogP contribution in [0.5, 0.6) is 17.2 Å². The van der Waals surface area contributed by atoms with E-state index in [0.717, 1.165) is 60.8 Å². The van der Waals surface area contributed by atoms with E-state index in [0.29, 0.717) is 17.9 Å². The molecule has 3 aromatic carbocycles. The Hall–Kier alpha value is -3.53. The summed E-state index contributed by atoms with van der Waals surface area (Å²) in [5.41, 5.74) is 2.64. The summed E-state index contributed by atoms with van der Waals surface area (Å²) in [6.07, 6.45) is 13.9. The van der Waals surface area contributed by atoms with Gasteiger partial charge in [-0.1, -0.05) is 76.3 Å². The van der Waals surface area contributed by atoms with Gasteiger partial charge in [-0.25, -0.2) is 4.79 Å². The van der Waals surface area contributed by atoms with Gasteiger partial charge in [0.05, 0.1) is 18.8 Å². The molecule has 0 spiro atoms. The maximum Gasteiger partial charge on any atom is 0.343 e. The van der Waals surface area contributed by atoms with E-state index in [1.807, 2.05) is 54.6 Å². The Morgan fingerprint density at radius 2 is 1.20 bits per heavy atom. The Morgan fingerprint density at radius 1 is 0.700 bits per heavy atom. The zero-order valence-electron chi connectivity index (χ0n) is 24.4. The molecular weight excluding hydrogens is 496 g/mol. The summed E-state index contributed by atoms with van der Waals surface area (Å²) in [6.45, 7) is 9.68. The average Bonchev–Trinajstić information content (AvgIpc) is 2.99. The molecular formula is C36H46O4. The van der Waals surface area contributed by atoms with Crippen molar-refractivity contribution in [2.24, 2.45) is 5.92 Å². The molecule has 0 aliphatic heterocycles. The lowest BCUT2D eigenvalue weighted by Crippen LogP contribution is -2.08. The molecule has 0 heterocycles. The van der Waals surface area contributed by atoms with E-state index in [4.69, 9.17) is 14.2 Å². The van der Waals surface area contributed by atoms with Crippen LogP contribution in [0, 0.1) is 5.92 Å². The van der Waals surface area contributed by atoms with E-state index in [-0.39, 0.29) is 5.97 Å². The van der Waals surface area contributed by atoms with Crippen LogP contribution in [-0.2, 0) is 0 Å². The number of ether oxygens (including phenoxy) is 3. The fraction of sp³-hybridized carbons (Fsp3) is 0.417. The topological polar surface area (TPSA) is 44.8 Å². The number of hydrogen-bond acceptors (Lipinski definition) is 4. The van der Waals surface area contributed by atoms with Crippen molar-refractivity contribution in [2.75, 3.05) is 13.2 Å². The summed E-state index contributed by atoms with van der Waals surface area (Å²) in [4.78, 5) is 12.6. The van der Waals surface area contributed by atoms with Crippen LogP contribution in [0.1, 0.15) is 88.4 Å². The predicted octanol–water partition coefficient (Wildman–Crippen LogP) is 10.1. The summed E-state index contributed by atoms with van der Waals surface area (Å²) >= 11 is 0. The van der Waals surface area contributed by atoms with E-state index in [1.54, 1.807) is 12.1 Å². The fourth-order valence-electron chi connectivity index (χ4n) is 4.43. The van der Waals surface area contributed by atoms with Crippen molar-refractivity contribution in [3.63, 3.8) is 0 Å². The zero-order valence-corrected chi connectivity index (χ0v) is 24.4. The molecule has 0 unspecified atom stereocenters. The molecule has 40 heavy (non-hydrogen) atoms. The Kier molecular flexibility index (Phi) is 13.9. The smallest absolute Gasteiger partial charge is 0.343 e. The van der Waals surface area contributed by atoms with Crippen LogP contribution >= 0.6 is 0 Å². The maximum atomic E-state index is 12.6. The van der Waals surface area contributed by atoms with Crippen molar-refractivity contribution < 1.29 is 19.0 Å². The molecule has 0 saturated carbocycles. The van der Waals surface area contributed by atoms with E-state index in [9.17, 15) is 4.79 Å². The number of unbranched alkanes of at least 4 members (excludes halogenated alkanes) is 6. The molecule has 4 heteroatoms. The molecule has 0 N–H and O–H groups in total. The highest BCUT2D eigenvalue weighted by Crippen LogP contribution is 2.25. The second-order valence-electron chi connectivity index (χ2n) is 10.5. The van der Waals surface area contributed by atoms with E-state index in [1.165, 1.54) is 38.5 Å². The number of carbonyl (C=O) groups excluding carboxylic acids is 1. The van der Waals surface area contributed by atoms with Crippen molar-refractivity contribution in [2.45, 2.75) is 78.1 Å². The van der Waals surface area contributed by atoms with E-state index >= 15 is 0 Å². The van der Waals surface area contributed by atoms with Crippen LogP contribution in [0.25, 0.3) is 11.1 Å². The summed E-state index contributed by atoms with van der Waals surface area (Å²) in [6, 6.07) is 22.9. The van der Waals surface area contributed by atoms with Gasteiger partial charge in [-0.05, 0) is 97.7 Å². The molecule has 3 rings (SSSR count). The highest BCUT2D eigenvalue weighted by molar-refractivity contribution is 5.91. The Bertz CT molecular complexity index is 1120. The Labute approximate surface area is 241 Å². The summed E-state index contributed by atoms with van der Waals surface area (Å²) in [5, 5.41) is 0. The SMILES string of the molecule is C=CCCCCCCCCOc1ccc(-c2ccc(OC(=O)c3ccc(OCCC[C@@H](C)CC)cc3)cc2)cc1. The molecule has 0 aliphatic carbocycles. The van der Waals surface area contributed by atoms with Gasteiger partial charge in [0.2, 0.25) is 0 Å². The van der Waals surface area contributed by atoms with Crippen molar-refractivity contribution >= 4 is 5.97 Å². The molecule has 1 atom stereocenters. The van der Waals surface area contributed by atoms with E-state index in [2.05, 4.69) is 32.6 Å². The van der Waals surface area contributed by atoms with Gasteiger partial charge in [0.1, 0.15) is 17.2 Å². The first-order valence-corrected chi connectivity index (χ1v) is 15.0. The zero-order chi connectivity index (χ0) is 28.4. The Morgan fingerprint density at radius 3 is 1.77 bits per heavy atom. The van der Waals surface area contributed by atoms with Gasteiger partial charge in [-0.3, -0.25) is 0 Å². The average molecular weight is 543 g/mol. The highest BCUT2D eigenvalue weighted by atomic mass is 16.5. The lowest BCUT2D eigenvalue weighted by molar-refractivity contribution is 0.0734. The van der Waals surface area contributed by atoms with Crippen LogP contribution in [-0.4, -0.2) is 19.2 Å². The molecule has 0 amide bonds. The third-order valence-corrected chi connectivity index (χ3v) is 7.22. The number of esters is 1. The first-order chi connectivity index (χ1) is 19.6. The summed E-state index contributed by atoms with van der Waals surface area (Å²) < 4.78 is 17.3. The number of benzene rings is 3. The van der Waals surface area contributed by atoms with Gasteiger partial charge >= 0.3 is 5.97 Å². The van der Waals surface area contributed by atoms with Crippen LogP contribution in [0.4, 0.5) is 0 Å². The minimum Gasteiger partial charge on any atom is -0.494 e. The van der Waals surface area contributed by atoms with E-state index < -0.39 is 0 Å². The largest absolute Gasteiger partial charge is 0.494 e. The third-order valence-electron chi connectivity index (χ3n) is 7.22. The molecule has 4 nitrogen and oxygen atoms in total. The molecule has 0 fully saturated rings. The molecule has 0 bridgehead atoms. The lowest BCUT2D eigenvalue weighted by Gasteiger charge is -2.10. The number of hydrogen-bond donors (Lipinski definition) is 0. The third kappa shape index (κ3) is 11.3. The van der Waals surface area contributed by atoms with Crippen molar-refractivity contribution in [3.8, 4) is 28.4 Å². The van der Waals surface area contributed by atoms with Gasteiger partial charge in [0, 0.05) is 0 Å². The van der Waals surface area contributed by atoms with Crippen molar-refractivity contribution in [3.05, 3.63) is 91.0 Å². The van der Waals surface area contributed by atoms with Gasteiger partial charge in [-0.15, -0.1) is 6.58 Å². The minimum absolute atomic E-state index is 0.384. The summed E-state index contributed by atoms with van der Waals surface area (Å²) in [7, 11) is 0. The molecule has 3 aromatic rings. The van der Waals surface area contributed by atoms with Gasteiger partial charge in [-0.2, -0.15) is 0 Å². The van der Waals surface area contributed by atoms with Crippen molar-refractivity contribution in [1.29, 1.82) is 0 Å². The minimum atomic E-state index is -0.384. The second kappa shape index (κ2) is 17.9. The first kappa shape index (κ1) is 31.0. The quantitative estimate of drug-likeness (QED) is 0.0654. The van der Waals surface area contributed by atoms with Gasteiger partial charge in [0.15, 0.2) is 0 Å². The monoisotopic (exact) mass is 542 g/mol. The Balaban J connectivity index is 1.38. The standard InChI is InChI=1S/C36H46O4/c1-4-6-7-8-9-10-11-12-27-38-33-21-15-30(16-22-33)31-17-25-35(26-18-31)40-36(37)32-19-23-34(24-20-32)39-28-13-14-29(3)5-2/h4,15-26,29H,1,5-14,27-28H2,2-3H3/t29-/m0/s1. The molecule has 0 saturated heterocycles. The predicted molar refractivity (Wildman–Crippen MR) is 165 cm³/mol. The van der Waals surface area contributed by atoms with Crippen LogP contribution in [0.15, 0.2) is 85.5 Å². The number of allylic oxidation sites excluding steroid dienone is 1. The molecule has 214 valence electrons. The normalized spacial score (nSPS) is 11.6. The summed E-state index contributed by atoms with van der Waals surface area (Å²) in [5.74, 6) is 2.52. The lowest BCUT2D eigenvalue weighted by atomic mass is 10.0. The highest BCUT2D eigenvalue weighted by Gasteiger charge is 2.10. The van der Waals surface area contributed by atoms with Crippen molar-refractivity contribution in [1.82, 2.24) is 0 Å².